The molecule has 0 spiro atoms. The third kappa shape index (κ3) is 5.17. The maximum atomic E-state index is 12.7. The van der Waals surface area contributed by atoms with Gasteiger partial charge in [-0.25, -0.2) is 4.68 Å². The second kappa shape index (κ2) is 9.84. The van der Waals surface area contributed by atoms with Crippen molar-refractivity contribution < 1.29 is 9.53 Å². The second-order valence-corrected chi connectivity index (χ2v) is 9.57. The number of benzene rings is 1. The van der Waals surface area contributed by atoms with Gasteiger partial charge in [0.15, 0.2) is 0 Å². The summed E-state index contributed by atoms with van der Waals surface area (Å²) in [7, 11) is 0. The van der Waals surface area contributed by atoms with Crippen LogP contribution in [0.5, 0.6) is 5.75 Å². The van der Waals surface area contributed by atoms with Crippen molar-refractivity contribution in [3.8, 4) is 28.9 Å². The fourth-order valence-electron chi connectivity index (χ4n) is 4.94. The summed E-state index contributed by atoms with van der Waals surface area (Å²) >= 11 is 0. The fraction of sp³-hybridized carbons (Fsp3) is 0.423. The molecule has 35 heavy (non-hydrogen) atoms. The van der Waals surface area contributed by atoms with E-state index in [1.165, 1.54) is 0 Å². The van der Waals surface area contributed by atoms with Crippen LogP contribution in [-0.2, 0) is 11.2 Å². The van der Waals surface area contributed by atoms with Gasteiger partial charge in [-0.2, -0.15) is 5.26 Å². The number of carbonyl (C=O) groups excluding carboxylic acids is 1. The lowest BCUT2D eigenvalue weighted by molar-refractivity contribution is -0.124. The highest BCUT2D eigenvalue weighted by atomic mass is 16.5. The lowest BCUT2D eigenvalue weighted by Gasteiger charge is -2.23. The number of hydrogen-bond acceptors (Lipinski definition) is 7. The number of amides is 1. The third-order valence-electron chi connectivity index (χ3n) is 6.62. The molecule has 1 saturated heterocycles. The summed E-state index contributed by atoms with van der Waals surface area (Å²) < 4.78 is 7.32. The van der Waals surface area contributed by atoms with E-state index in [0.717, 1.165) is 30.5 Å². The minimum Gasteiger partial charge on any atom is -0.489 e. The summed E-state index contributed by atoms with van der Waals surface area (Å²) in [5, 5.41) is 24.4. The van der Waals surface area contributed by atoms with Crippen molar-refractivity contribution in [2.75, 3.05) is 0 Å². The van der Waals surface area contributed by atoms with Crippen LogP contribution in [0, 0.1) is 17.2 Å². The number of nitriles is 1. The van der Waals surface area contributed by atoms with Gasteiger partial charge in [0.2, 0.25) is 5.91 Å². The smallest absolute Gasteiger partial charge is 0.238 e. The maximum Gasteiger partial charge on any atom is 0.238 e. The number of fused-ring (bicyclic) bond motifs is 2. The van der Waals surface area contributed by atoms with Crippen molar-refractivity contribution in [3.63, 3.8) is 0 Å². The third-order valence-corrected chi connectivity index (χ3v) is 6.62. The van der Waals surface area contributed by atoms with Crippen LogP contribution in [0.3, 0.4) is 0 Å². The van der Waals surface area contributed by atoms with E-state index < -0.39 is 6.04 Å². The van der Waals surface area contributed by atoms with Crippen molar-refractivity contribution >= 4 is 5.91 Å². The molecule has 9 heteroatoms. The van der Waals surface area contributed by atoms with Gasteiger partial charge < -0.3 is 15.4 Å². The van der Waals surface area contributed by atoms with Gasteiger partial charge in [-0.1, -0.05) is 17.3 Å². The number of ether oxygens (including phenoxy) is 1. The molecule has 1 amide bonds. The minimum absolute atomic E-state index is 0.0621. The normalized spacial score (nSPS) is 21.6. The molecule has 2 fully saturated rings. The highest BCUT2D eigenvalue weighted by molar-refractivity contribution is 5.83. The van der Waals surface area contributed by atoms with Crippen LogP contribution in [0.2, 0.25) is 0 Å². The molecule has 180 valence electrons. The molecule has 3 heterocycles. The zero-order valence-electron chi connectivity index (χ0n) is 19.9. The van der Waals surface area contributed by atoms with Gasteiger partial charge in [0.1, 0.15) is 17.5 Å². The molecule has 2 N–H and O–H groups in total. The molecule has 2 bridgehead atoms. The first kappa shape index (κ1) is 23.0. The van der Waals surface area contributed by atoms with Crippen LogP contribution in [0.4, 0.5) is 0 Å². The van der Waals surface area contributed by atoms with Gasteiger partial charge in [-0.05, 0) is 68.9 Å². The summed E-state index contributed by atoms with van der Waals surface area (Å²) in [5.41, 5.74) is 3.17. The Bertz CT molecular complexity index is 1210. The van der Waals surface area contributed by atoms with Crippen molar-refractivity contribution in [1.82, 2.24) is 30.6 Å². The fourth-order valence-corrected chi connectivity index (χ4v) is 4.94. The lowest BCUT2D eigenvalue weighted by atomic mass is 9.98. The largest absolute Gasteiger partial charge is 0.489 e. The molecule has 1 saturated carbocycles. The SMILES string of the molecule is CC(C)Oc1ccc(-c2cn(-c3ccc(C[C@@H](C#N)NC(=O)[C@H]4N[C@@H]5CC[C@H]4C5)cc3)nn2)nc1. The number of carbonyl (C=O) groups is 1. The molecule has 2 aliphatic rings. The van der Waals surface area contributed by atoms with Gasteiger partial charge in [0, 0.05) is 12.5 Å². The Labute approximate surface area is 204 Å². The van der Waals surface area contributed by atoms with E-state index in [0.29, 0.717) is 35.5 Å². The summed E-state index contributed by atoms with van der Waals surface area (Å²) in [6.07, 6.45) is 7.33. The van der Waals surface area contributed by atoms with Crippen LogP contribution in [0.15, 0.2) is 48.8 Å². The topological polar surface area (TPSA) is 118 Å². The van der Waals surface area contributed by atoms with Gasteiger partial charge in [0.25, 0.3) is 0 Å². The quantitative estimate of drug-likeness (QED) is 0.519. The first-order chi connectivity index (χ1) is 17.0. The van der Waals surface area contributed by atoms with Gasteiger partial charge >= 0.3 is 0 Å². The number of pyridine rings is 1. The molecule has 4 atom stereocenters. The Kier molecular flexibility index (Phi) is 6.47. The lowest BCUT2D eigenvalue weighted by Crippen LogP contribution is -2.50. The molecule has 1 aliphatic carbocycles. The zero-order chi connectivity index (χ0) is 24.4. The summed E-state index contributed by atoms with van der Waals surface area (Å²) in [6, 6.07) is 13.4. The van der Waals surface area contributed by atoms with Crippen LogP contribution in [0.1, 0.15) is 38.7 Å². The average molecular weight is 472 g/mol. The van der Waals surface area contributed by atoms with E-state index in [1.807, 2.05) is 56.4 Å². The number of aromatic nitrogens is 4. The van der Waals surface area contributed by atoms with Crippen molar-refractivity contribution in [2.24, 2.45) is 5.92 Å². The predicted octanol–water partition coefficient (Wildman–Crippen LogP) is 2.81. The molecule has 1 aliphatic heterocycles. The number of rotatable bonds is 8. The van der Waals surface area contributed by atoms with E-state index in [1.54, 1.807) is 10.9 Å². The molecular weight excluding hydrogens is 442 g/mol. The Morgan fingerprint density at radius 1 is 1.23 bits per heavy atom. The maximum absolute atomic E-state index is 12.7. The standard InChI is InChI=1S/C26H29N7O2/c1-16(2)35-22-9-10-23(28-14-22)24-15-33(32-31-24)21-7-3-17(4-8-21)11-20(13-27)30-26(34)25-18-5-6-19(12-18)29-25/h3-4,7-10,14-16,18-20,25,29H,5-6,11-12H2,1-2H3,(H,30,34)/t18-,19+,20-,25-/m0/s1. The Hall–Kier alpha value is -3.77. The van der Waals surface area contributed by atoms with Crippen LogP contribution < -0.4 is 15.4 Å². The molecule has 1 aromatic carbocycles. The van der Waals surface area contributed by atoms with Crippen LogP contribution >= 0.6 is 0 Å². The average Bonchev–Trinajstić information content (AvgIpc) is 3.62. The van der Waals surface area contributed by atoms with Crippen LogP contribution in [0.25, 0.3) is 17.1 Å². The van der Waals surface area contributed by atoms with E-state index in [-0.39, 0.29) is 18.1 Å². The van der Waals surface area contributed by atoms with Gasteiger partial charge in [-0.15, -0.1) is 5.10 Å². The Morgan fingerprint density at radius 2 is 2.06 bits per heavy atom. The van der Waals surface area contributed by atoms with Gasteiger partial charge in [-0.3, -0.25) is 9.78 Å². The molecule has 2 aromatic heterocycles. The predicted molar refractivity (Wildman–Crippen MR) is 130 cm³/mol. The molecular formula is C26H29N7O2. The summed E-state index contributed by atoms with van der Waals surface area (Å²) in [4.78, 5) is 17.1. The summed E-state index contributed by atoms with van der Waals surface area (Å²) in [6.45, 7) is 3.94. The van der Waals surface area contributed by atoms with E-state index in [4.69, 9.17) is 4.74 Å². The highest BCUT2D eigenvalue weighted by Crippen LogP contribution is 2.35. The van der Waals surface area contributed by atoms with E-state index in [2.05, 4.69) is 32.0 Å². The van der Waals surface area contributed by atoms with Crippen molar-refractivity contribution in [1.29, 1.82) is 5.26 Å². The molecule has 3 aromatic rings. The number of nitrogens with zero attached hydrogens (tertiary/aromatic N) is 5. The number of nitrogens with one attached hydrogen (secondary N) is 2. The Balaban J connectivity index is 1.20. The first-order valence-corrected chi connectivity index (χ1v) is 12.1. The molecule has 5 rings (SSSR count). The molecule has 0 unspecified atom stereocenters. The van der Waals surface area contributed by atoms with Crippen molar-refractivity contribution in [3.05, 3.63) is 54.4 Å². The van der Waals surface area contributed by atoms with E-state index >= 15 is 0 Å². The Morgan fingerprint density at radius 3 is 2.69 bits per heavy atom. The highest BCUT2D eigenvalue weighted by Gasteiger charge is 2.43. The second-order valence-electron chi connectivity index (χ2n) is 9.57. The van der Waals surface area contributed by atoms with Crippen LogP contribution in [-0.4, -0.2) is 50.1 Å². The number of hydrogen-bond donors (Lipinski definition) is 2. The molecule has 9 nitrogen and oxygen atoms in total. The van der Waals surface area contributed by atoms with Crippen molar-refractivity contribution in [2.45, 2.75) is 63.8 Å². The van der Waals surface area contributed by atoms with E-state index in [9.17, 15) is 10.1 Å². The minimum atomic E-state index is -0.569. The zero-order valence-corrected chi connectivity index (χ0v) is 19.9. The number of piperidine rings is 1. The summed E-state index contributed by atoms with van der Waals surface area (Å²) in [5.74, 6) is 1.05. The monoisotopic (exact) mass is 471 g/mol. The molecule has 0 radical (unpaired) electrons. The first-order valence-electron chi connectivity index (χ1n) is 12.1. The van der Waals surface area contributed by atoms with Gasteiger partial charge in [0.05, 0.1) is 42.0 Å².